The number of piperazine rings is 1. The van der Waals surface area contributed by atoms with Crippen LogP contribution in [0.3, 0.4) is 0 Å². The van der Waals surface area contributed by atoms with Gasteiger partial charge in [0.05, 0.1) is 11.9 Å². The SMILES string of the molecule is CCc1cnc(N2CCN(c3cc(N4CCCC4)cnn3)CC2)s1. The van der Waals surface area contributed by atoms with Gasteiger partial charge < -0.3 is 14.7 Å². The largest absolute Gasteiger partial charge is 0.370 e. The Bertz CT molecular complexity index is 673. The van der Waals surface area contributed by atoms with Gasteiger partial charge in [0, 0.05) is 56.4 Å². The van der Waals surface area contributed by atoms with Crippen LogP contribution in [0.15, 0.2) is 18.5 Å². The van der Waals surface area contributed by atoms with Crippen molar-refractivity contribution in [1.82, 2.24) is 15.2 Å². The van der Waals surface area contributed by atoms with Gasteiger partial charge in [0.25, 0.3) is 0 Å². The standard InChI is InChI=1S/C17H24N6S/c1-2-15-13-18-17(24-15)23-9-7-22(8-10-23)16-11-14(12-19-20-16)21-5-3-4-6-21/h11-13H,2-10H2,1H3. The van der Waals surface area contributed by atoms with Crippen molar-refractivity contribution >= 4 is 28.0 Å². The molecule has 4 heterocycles. The number of anilines is 3. The highest BCUT2D eigenvalue weighted by Crippen LogP contribution is 2.26. The van der Waals surface area contributed by atoms with Crippen molar-refractivity contribution in [1.29, 1.82) is 0 Å². The maximum Gasteiger partial charge on any atom is 0.185 e. The number of aromatic nitrogens is 3. The smallest absolute Gasteiger partial charge is 0.185 e. The molecule has 2 aliphatic rings. The molecule has 0 atom stereocenters. The van der Waals surface area contributed by atoms with E-state index in [-0.39, 0.29) is 0 Å². The number of thiazole rings is 1. The highest BCUT2D eigenvalue weighted by Gasteiger charge is 2.21. The summed E-state index contributed by atoms with van der Waals surface area (Å²) in [5.41, 5.74) is 1.22. The van der Waals surface area contributed by atoms with Gasteiger partial charge in [-0.1, -0.05) is 6.92 Å². The molecule has 7 heteroatoms. The topological polar surface area (TPSA) is 48.4 Å². The molecule has 0 amide bonds. The molecule has 0 unspecified atom stereocenters. The van der Waals surface area contributed by atoms with Crippen molar-refractivity contribution in [3.63, 3.8) is 0 Å². The van der Waals surface area contributed by atoms with Crippen molar-refractivity contribution in [2.75, 3.05) is 54.0 Å². The summed E-state index contributed by atoms with van der Waals surface area (Å²) in [6.45, 7) is 8.39. The third kappa shape index (κ3) is 3.17. The fraction of sp³-hybridized carbons (Fsp3) is 0.588. The Hall–Kier alpha value is -1.89. The zero-order valence-corrected chi connectivity index (χ0v) is 15.0. The molecule has 0 N–H and O–H groups in total. The van der Waals surface area contributed by atoms with Crippen molar-refractivity contribution < 1.29 is 0 Å². The quantitative estimate of drug-likeness (QED) is 0.849. The maximum atomic E-state index is 4.57. The van der Waals surface area contributed by atoms with E-state index in [1.165, 1.54) is 23.4 Å². The van der Waals surface area contributed by atoms with Gasteiger partial charge in [-0.3, -0.25) is 0 Å². The van der Waals surface area contributed by atoms with Gasteiger partial charge in [-0.2, -0.15) is 5.10 Å². The Morgan fingerprint density at radius 3 is 2.42 bits per heavy atom. The first-order valence-electron chi connectivity index (χ1n) is 8.86. The molecule has 24 heavy (non-hydrogen) atoms. The Morgan fingerprint density at radius 2 is 1.71 bits per heavy atom. The van der Waals surface area contributed by atoms with Gasteiger partial charge in [-0.25, -0.2) is 4.98 Å². The average molecular weight is 344 g/mol. The van der Waals surface area contributed by atoms with E-state index < -0.39 is 0 Å². The Morgan fingerprint density at radius 1 is 0.958 bits per heavy atom. The summed E-state index contributed by atoms with van der Waals surface area (Å²) >= 11 is 1.82. The fourth-order valence-corrected chi connectivity index (χ4v) is 4.28. The molecule has 4 rings (SSSR count). The zero-order chi connectivity index (χ0) is 16.4. The number of rotatable bonds is 4. The van der Waals surface area contributed by atoms with Crippen LogP contribution in [0.2, 0.25) is 0 Å². The summed E-state index contributed by atoms with van der Waals surface area (Å²) < 4.78 is 0. The molecule has 0 radical (unpaired) electrons. The summed E-state index contributed by atoms with van der Waals surface area (Å²) in [7, 11) is 0. The average Bonchev–Trinajstić information content (AvgIpc) is 3.34. The molecule has 2 aromatic heterocycles. The molecule has 2 aliphatic heterocycles. The third-order valence-electron chi connectivity index (χ3n) is 4.86. The van der Waals surface area contributed by atoms with Gasteiger partial charge in [0.2, 0.25) is 0 Å². The molecule has 128 valence electrons. The predicted molar refractivity (Wildman–Crippen MR) is 99.4 cm³/mol. The lowest BCUT2D eigenvalue weighted by atomic mass is 10.3. The summed E-state index contributed by atoms with van der Waals surface area (Å²) in [6, 6.07) is 2.20. The van der Waals surface area contributed by atoms with Crippen LogP contribution in [-0.2, 0) is 6.42 Å². The van der Waals surface area contributed by atoms with E-state index in [2.05, 4.69) is 42.9 Å². The van der Waals surface area contributed by atoms with Crippen LogP contribution in [-0.4, -0.2) is 54.4 Å². The van der Waals surface area contributed by atoms with E-state index in [4.69, 9.17) is 0 Å². The highest BCUT2D eigenvalue weighted by molar-refractivity contribution is 7.15. The summed E-state index contributed by atoms with van der Waals surface area (Å²) in [5.74, 6) is 1.01. The Kier molecular flexibility index (Phi) is 4.51. The minimum atomic E-state index is 0.971. The molecule has 0 aromatic carbocycles. The van der Waals surface area contributed by atoms with E-state index in [1.54, 1.807) is 0 Å². The monoisotopic (exact) mass is 344 g/mol. The first kappa shape index (κ1) is 15.6. The minimum Gasteiger partial charge on any atom is -0.370 e. The summed E-state index contributed by atoms with van der Waals surface area (Å²) in [4.78, 5) is 13.1. The third-order valence-corrected chi connectivity index (χ3v) is 6.06. The van der Waals surface area contributed by atoms with Crippen LogP contribution < -0.4 is 14.7 Å². The first-order valence-corrected chi connectivity index (χ1v) is 9.67. The predicted octanol–water partition coefficient (Wildman–Crippen LogP) is 2.42. The van der Waals surface area contributed by atoms with Crippen molar-refractivity contribution in [2.24, 2.45) is 0 Å². The van der Waals surface area contributed by atoms with Crippen LogP contribution in [0.4, 0.5) is 16.6 Å². The van der Waals surface area contributed by atoms with E-state index >= 15 is 0 Å². The first-order chi connectivity index (χ1) is 11.8. The van der Waals surface area contributed by atoms with E-state index in [9.17, 15) is 0 Å². The van der Waals surface area contributed by atoms with Gasteiger partial charge in [0.1, 0.15) is 0 Å². The fourth-order valence-electron chi connectivity index (χ4n) is 3.38. The van der Waals surface area contributed by atoms with Crippen LogP contribution >= 0.6 is 11.3 Å². The highest BCUT2D eigenvalue weighted by atomic mass is 32.1. The second-order valence-corrected chi connectivity index (χ2v) is 7.50. The number of nitrogens with zero attached hydrogens (tertiary/aromatic N) is 6. The number of hydrogen-bond donors (Lipinski definition) is 0. The molecule has 0 saturated carbocycles. The molecule has 0 spiro atoms. The van der Waals surface area contributed by atoms with Crippen LogP contribution in [0.1, 0.15) is 24.6 Å². The summed E-state index contributed by atoms with van der Waals surface area (Å²) in [6.07, 6.45) is 7.54. The molecule has 2 aromatic rings. The number of aryl methyl sites for hydroxylation is 1. The second-order valence-electron chi connectivity index (χ2n) is 6.40. The van der Waals surface area contributed by atoms with Crippen molar-refractivity contribution in [2.45, 2.75) is 26.2 Å². The number of hydrogen-bond acceptors (Lipinski definition) is 7. The van der Waals surface area contributed by atoms with Crippen LogP contribution in [0, 0.1) is 0 Å². The van der Waals surface area contributed by atoms with Gasteiger partial charge in [-0.05, 0) is 19.3 Å². The van der Waals surface area contributed by atoms with Gasteiger partial charge in [0.15, 0.2) is 10.9 Å². The second kappa shape index (κ2) is 6.93. The lowest BCUT2D eigenvalue weighted by molar-refractivity contribution is 0.642. The van der Waals surface area contributed by atoms with Gasteiger partial charge in [-0.15, -0.1) is 16.4 Å². The molecule has 6 nitrogen and oxygen atoms in total. The van der Waals surface area contributed by atoms with Crippen LogP contribution in [0.25, 0.3) is 0 Å². The minimum absolute atomic E-state index is 0.971. The Labute approximate surface area is 147 Å². The van der Waals surface area contributed by atoms with E-state index in [0.717, 1.165) is 56.6 Å². The van der Waals surface area contributed by atoms with Crippen molar-refractivity contribution in [3.05, 3.63) is 23.3 Å². The van der Waals surface area contributed by atoms with E-state index in [1.807, 2.05) is 23.7 Å². The summed E-state index contributed by atoms with van der Waals surface area (Å²) in [5, 5.41) is 9.76. The lowest BCUT2D eigenvalue weighted by Crippen LogP contribution is -2.46. The van der Waals surface area contributed by atoms with E-state index in [0.29, 0.717) is 0 Å². The van der Waals surface area contributed by atoms with Gasteiger partial charge >= 0.3 is 0 Å². The normalized spacial score (nSPS) is 18.5. The molecule has 2 fully saturated rings. The molecule has 0 bridgehead atoms. The molecule has 2 saturated heterocycles. The van der Waals surface area contributed by atoms with Crippen LogP contribution in [0.5, 0.6) is 0 Å². The zero-order valence-electron chi connectivity index (χ0n) is 14.2. The Balaban J connectivity index is 1.41. The maximum absolute atomic E-state index is 4.57. The molecular formula is C17H24N6S. The van der Waals surface area contributed by atoms with Crippen molar-refractivity contribution in [3.8, 4) is 0 Å². The molecule has 0 aliphatic carbocycles. The lowest BCUT2D eigenvalue weighted by Gasteiger charge is -2.35. The molecular weight excluding hydrogens is 320 g/mol.